The van der Waals surface area contributed by atoms with Gasteiger partial charge in [-0.05, 0) is 43.9 Å². The van der Waals surface area contributed by atoms with E-state index in [0.717, 1.165) is 34.4 Å². The van der Waals surface area contributed by atoms with Crippen molar-refractivity contribution in [3.8, 4) is 0 Å². The molecule has 2 aromatic heterocycles. The van der Waals surface area contributed by atoms with Gasteiger partial charge in [0.25, 0.3) is 22.9 Å². The van der Waals surface area contributed by atoms with E-state index in [1.807, 2.05) is 0 Å². The molecule has 0 saturated heterocycles. The van der Waals surface area contributed by atoms with E-state index < -0.39 is 41.6 Å². The van der Waals surface area contributed by atoms with Crippen LogP contribution in [0.5, 0.6) is 0 Å². The third-order valence-electron chi connectivity index (χ3n) is 5.25. The fraction of sp³-hybridized carbons (Fsp3) is 0.286. The number of aromatic amines is 1. The molecule has 1 aliphatic carbocycles. The van der Waals surface area contributed by atoms with Gasteiger partial charge >= 0.3 is 5.97 Å². The van der Waals surface area contributed by atoms with Crippen LogP contribution in [0.2, 0.25) is 0 Å². The zero-order chi connectivity index (χ0) is 23.0. The number of primary amides is 1. The van der Waals surface area contributed by atoms with Crippen LogP contribution in [0.3, 0.4) is 0 Å². The second-order valence-electron chi connectivity index (χ2n) is 7.42. The molecule has 11 heteroatoms. The maximum Gasteiger partial charge on any atom is 0.328 e. The summed E-state index contributed by atoms with van der Waals surface area (Å²) in [5.41, 5.74) is 5.56. The SMILES string of the molecule is CC(OC(=O)Cn1[nH]c(=O)c2ccccc2c1=O)C(=O)Nc1sc2c(c1C(N)=O)CCC2. The number of rotatable bonds is 6. The number of amides is 2. The highest BCUT2D eigenvalue weighted by Crippen LogP contribution is 2.38. The number of hydrogen-bond acceptors (Lipinski definition) is 7. The fourth-order valence-corrected chi connectivity index (χ4v) is 5.04. The van der Waals surface area contributed by atoms with Crippen LogP contribution in [-0.4, -0.2) is 33.7 Å². The van der Waals surface area contributed by atoms with Crippen molar-refractivity contribution in [1.82, 2.24) is 9.78 Å². The topological polar surface area (TPSA) is 153 Å². The van der Waals surface area contributed by atoms with Gasteiger partial charge in [-0.2, -0.15) is 0 Å². The number of carbonyl (C=O) groups is 3. The minimum atomic E-state index is -1.21. The number of carbonyl (C=O) groups excluding carboxylic acids is 3. The Balaban J connectivity index is 1.46. The van der Waals surface area contributed by atoms with Crippen LogP contribution in [-0.2, 0) is 33.7 Å². The van der Waals surface area contributed by atoms with Gasteiger partial charge in [0, 0.05) is 4.88 Å². The molecular weight excluding hydrogens is 436 g/mol. The van der Waals surface area contributed by atoms with E-state index in [9.17, 15) is 24.0 Å². The van der Waals surface area contributed by atoms with Gasteiger partial charge in [-0.3, -0.25) is 29.1 Å². The van der Waals surface area contributed by atoms with E-state index >= 15 is 0 Å². The lowest BCUT2D eigenvalue weighted by molar-refractivity contribution is -0.154. The maximum absolute atomic E-state index is 12.5. The van der Waals surface area contributed by atoms with Gasteiger partial charge in [-0.25, -0.2) is 4.68 Å². The third kappa shape index (κ3) is 3.94. The standard InChI is InChI=1S/C21H20N4O6S/c1-10(18(28)23-20-16(17(22)27)13-7-4-8-14(13)32-20)31-15(26)9-25-21(30)12-6-3-2-5-11(12)19(29)24-25/h2-3,5-6,10H,4,7-9H2,1H3,(H2,22,27)(H,23,28)(H,24,29). The minimum Gasteiger partial charge on any atom is -0.451 e. The summed E-state index contributed by atoms with van der Waals surface area (Å²) in [6.07, 6.45) is 1.27. The highest BCUT2D eigenvalue weighted by molar-refractivity contribution is 7.17. The van der Waals surface area contributed by atoms with Crippen molar-refractivity contribution in [2.45, 2.75) is 38.8 Å². The summed E-state index contributed by atoms with van der Waals surface area (Å²) < 4.78 is 5.97. The number of hydrogen-bond donors (Lipinski definition) is 3. The number of benzene rings is 1. The summed E-state index contributed by atoms with van der Waals surface area (Å²) >= 11 is 1.29. The summed E-state index contributed by atoms with van der Waals surface area (Å²) in [4.78, 5) is 62.4. The number of aryl methyl sites for hydroxylation is 1. The van der Waals surface area contributed by atoms with E-state index in [4.69, 9.17) is 10.5 Å². The number of nitrogens with two attached hydrogens (primary N) is 1. The monoisotopic (exact) mass is 456 g/mol. The molecule has 0 saturated carbocycles. The van der Waals surface area contributed by atoms with Gasteiger partial charge < -0.3 is 15.8 Å². The second-order valence-corrected chi connectivity index (χ2v) is 8.53. The van der Waals surface area contributed by atoms with Crippen LogP contribution in [0, 0.1) is 0 Å². The zero-order valence-electron chi connectivity index (χ0n) is 17.1. The minimum absolute atomic E-state index is 0.166. The molecule has 1 atom stereocenters. The van der Waals surface area contributed by atoms with Crippen LogP contribution in [0.4, 0.5) is 5.00 Å². The Labute approximate surface area is 185 Å². The lowest BCUT2D eigenvalue weighted by Gasteiger charge is -2.14. The number of aromatic nitrogens is 2. The smallest absolute Gasteiger partial charge is 0.328 e. The molecule has 10 nitrogen and oxygen atoms in total. The first-order chi connectivity index (χ1) is 15.3. The Morgan fingerprint density at radius 3 is 2.66 bits per heavy atom. The number of nitrogens with zero attached hydrogens (tertiary/aromatic N) is 1. The Morgan fingerprint density at radius 1 is 1.22 bits per heavy atom. The van der Waals surface area contributed by atoms with Gasteiger partial charge in [-0.15, -0.1) is 11.3 Å². The van der Waals surface area contributed by atoms with Gasteiger partial charge in [0.15, 0.2) is 6.10 Å². The van der Waals surface area contributed by atoms with Gasteiger partial charge in [0.2, 0.25) is 0 Å². The first-order valence-corrected chi connectivity index (χ1v) is 10.7. The van der Waals surface area contributed by atoms with Gasteiger partial charge in [0.05, 0.1) is 16.3 Å². The normalized spacial score (nSPS) is 13.5. The Bertz CT molecular complexity index is 1370. The van der Waals surface area contributed by atoms with Crippen LogP contribution in [0.1, 0.15) is 34.1 Å². The molecule has 1 aliphatic rings. The van der Waals surface area contributed by atoms with Crippen molar-refractivity contribution in [1.29, 1.82) is 0 Å². The van der Waals surface area contributed by atoms with Crippen molar-refractivity contribution < 1.29 is 19.1 Å². The number of nitrogens with one attached hydrogen (secondary N) is 2. The Kier molecular flexibility index (Phi) is 5.66. The summed E-state index contributed by atoms with van der Waals surface area (Å²) in [6, 6.07) is 6.23. The molecule has 2 amide bonds. The summed E-state index contributed by atoms with van der Waals surface area (Å²) in [7, 11) is 0. The summed E-state index contributed by atoms with van der Waals surface area (Å²) in [6.45, 7) is 0.792. The van der Waals surface area contributed by atoms with Crippen LogP contribution in [0.25, 0.3) is 10.8 Å². The van der Waals surface area contributed by atoms with Crippen molar-refractivity contribution in [3.63, 3.8) is 0 Å². The molecule has 4 rings (SSSR count). The van der Waals surface area contributed by atoms with Crippen LogP contribution < -0.4 is 22.2 Å². The average molecular weight is 456 g/mol. The molecule has 0 spiro atoms. The van der Waals surface area contributed by atoms with E-state index in [1.54, 1.807) is 12.1 Å². The molecule has 0 bridgehead atoms. The third-order valence-corrected chi connectivity index (χ3v) is 6.46. The Morgan fingerprint density at radius 2 is 1.94 bits per heavy atom. The zero-order valence-corrected chi connectivity index (χ0v) is 17.9. The molecule has 1 unspecified atom stereocenters. The van der Waals surface area contributed by atoms with Gasteiger partial charge in [0.1, 0.15) is 11.5 Å². The van der Waals surface area contributed by atoms with Crippen LogP contribution >= 0.6 is 11.3 Å². The van der Waals surface area contributed by atoms with Gasteiger partial charge in [-0.1, -0.05) is 12.1 Å². The first kappa shape index (κ1) is 21.5. The number of ether oxygens (including phenoxy) is 1. The predicted molar refractivity (Wildman–Crippen MR) is 118 cm³/mol. The quantitative estimate of drug-likeness (QED) is 0.469. The summed E-state index contributed by atoms with van der Waals surface area (Å²) in [5, 5.41) is 5.66. The molecule has 2 heterocycles. The van der Waals surface area contributed by atoms with Crippen LogP contribution in [0.15, 0.2) is 33.9 Å². The number of anilines is 1. The highest BCUT2D eigenvalue weighted by atomic mass is 32.1. The van der Waals surface area contributed by atoms with Crippen molar-refractivity contribution in [2.24, 2.45) is 5.73 Å². The number of H-pyrrole nitrogens is 1. The molecule has 1 aromatic carbocycles. The lowest BCUT2D eigenvalue weighted by Crippen LogP contribution is -2.36. The molecule has 4 N–H and O–H groups in total. The molecular formula is C21H20N4O6S. The van der Waals surface area contributed by atoms with E-state index in [1.165, 1.54) is 30.4 Å². The van der Waals surface area contributed by atoms with E-state index in [-0.39, 0.29) is 10.8 Å². The van der Waals surface area contributed by atoms with Crippen molar-refractivity contribution >= 4 is 44.9 Å². The predicted octanol–water partition coefficient (Wildman–Crippen LogP) is 0.909. The molecule has 0 radical (unpaired) electrons. The fourth-order valence-electron chi connectivity index (χ4n) is 3.74. The van der Waals surface area contributed by atoms with E-state index in [0.29, 0.717) is 10.6 Å². The number of esters is 1. The average Bonchev–Trinajstić information content (AvgIpc) is 3.32. The van der Waals surface area contributed by atoms with Crippen molar-refractivity contribution in [3.05, 3.63) is 61.0 Å². The van der Waals surface area contributed by atoms with Crippen molar-refractivity contribution in [2.75, 3.05) is 5.32 Å². The maximum atomic E-state index is 12.5. The largest absolute Gasteiger partial charge is 0.451 e. The molecule has 0 fully saturated rings. The number of fused-ring (bicyclic) bond motifs is 2. The number of thiophene rings is 1. The molecule has 166 valence electrons. The molecule has 0 aliphatic heterocycles. The highest BCUT2D eigenvalue weighted by Gasteiger charge is 2.28. The molecule has 3 aromatic rings. The van der Waals surface area contributed by atoms with E-state index in [2.05, 4.69) is 10.4 Å². The molecule has 32 heavy (non-hydrogen) atoms. The first-order valence-electron chi connectivity index (χ1n) is 9.92. The summed E-state index contributed by atoms with van der Waals surface area (Å²) in [5.74, 6) is -2.14. The lowest BCUT2D eigenvalue weighted by atomic mass is 10.1. The Hall–Kier alpha value is -3.73. The second kappa shape index (κ2) is 8.42.